The Kier molecular flexibility index (Phi) is 4.70. The second kappa shape index (κ2) is 6.64. The summed E-state index contributed by atoms with van der Waals surface area (Å²) in [7, 11) is 0. The molecule has 10 heteroatoms. The Balaban J connectivity index is 1.95. The molecule has 5 nitrogen and oxygen atoms in total. The van der Waals surface area contributed by atoms with Gasteiger partial charge in [0.1, 0.15) is 11.6 Å². The van der Waals surface area contributed by atoms with Crippen LogP contribution in [0.4, 0.5) is 13.2 Å². The van der Waals surface area contributed by atoms with E-state index < -0.39 is 22.3 Å². The average molecular weight is 435 g/mol. The molecule has 3 rings (SSSR count). The first-order valence-corrected chi connectivity index (χ1v) is 7.97. The third-order valence-electron chi connectivity index (χ3n) is 3.25. The maximum absolute atomic E-state index is 12.9. The number of rotatable bonds is 3. The van der Waals surface area contributed by atoms with Gasteiger partial charge in [0.05, 0.1) is 11.1 Å². The van der Waals surface area contributed by atoms with Crippen molar-refractivity contribution in [3.05, 3.63) is 67.8 Å². The quantitative estimate of drug-likeness (QED) is 0.614. The van der Waals surface area contributed by atoms with Crippen molar-refractivity contribution in [1.82, 2.24) is 14.8 Å². The largest absolute Gasteiger partial charge is 0.419 e. The third-order valence-corrected chi connectivity index (χ3v) is 4.21. The van der Waals surface area contributed by atoms with Crippen LogP contribution in [0, 0.1) is 0 Å². The summed E-state index contributed by atoms with van der Waals surface area (Å²) in [4.78, 5) is 11.9. The zero-order valence-electron chi connectivity index (χ0n) is 12.2. The Bertz CT molecular complexity index is 985. The minimum Gasteiger partial charge on any atom is -0.419 e. The highest BCUT2D eigenvalue weighted by Gasteiger charge is 2.32. The van der Waals surface area contributed by atoms with E-state index in [1.165, 1.54) is 0 Å². The number of halogens is 5. The van der Waals surface area contributed by atoms with Gasteiger partial charge in [-0.05, 0) is 34.1 Å². The van der Waals surface area contributed by atoms with Gasteiger partial charge in [-0.15, -0.1) is 10.2 Å². The SMILES string of the molecule is O=c1c(Cl)cc(C(F)(F)F)cn1Cc1nnc(-c2ccccc2Br)o1. The summed E-state index contributed by atoms with van der Waals surface area (Å²) in [5.41, 5.74) is -1.20. The van der Waals surface area contributed by atoms with E-state index in [1.807, 2.05) is 0 Å². The van der Waals surface area contributed by atoms with Crippen LogP contribution in [0.2, 0.25) is 5.02 Å². The summed E-state index contributed by atoms with van der Waals surface area (Å²) in [6.45, 7) is -0.333. The summed E-state index contributed by atoms with van der Waals surface area (Å²) in [6.07, 6.45) is -3.97. The van der Waals surface area contributed by atoms with Crippen LogP contribution in [0.25, 0.3) is 11.5 Å². The van der Waals surface area contributed by atoms with Crippen LogP contribution in [0.1, 0.15) is 11.5 Å². The highest BCUT2D eigenvalue weighted by molar-refractivity contribution is 9.10. The molecular formula is C15H8BrClF3N3O2. The zero-order valence-corrected chi connectivity index (χ0v) is 14.6. The molecule has 1 aromatic carbocycles. The molecule has 0 unspecified atom stereocenters. The molecule has 0 aliphatic carbocycles. The van der Waals surface area contributed by atoms with Gasteiger partial charge in [-0.1, -0.05) is 23.7 Å². The van der Waals surface area contributed by atoms with Crippen molar-refractivity contribution >= 4 is 27.5 Å². The van der Waals surface area contributed by atoms with Gasteiger partial charge in [-0.25, -0.2) is 0 Å². The van der Waals surface area contributed by atoms with Gasteiger partial charge >= 0.3 is 6.18 Å². The lowest BCUT2D eigenvalue weighted by molar-refractivity contribution is -0.138. The molecule has 0 fully saturated rings. The van der Waals surface area contributed by atoms with E-state index in [2.05, 4.69) is 26.1 Å². The highest BCUT2D eigenvalue weighted by atomic mass is 79.9. The van der Waals surface area contributed by atoms with Gasteiger partial charge in [0, 0.05) is 10.7 Å². The standard InChI is InChI=1S/C15H8BrClF3N3O2/c16-10-4-2-1-3-9(10)13-22-21-12(25-13)7-23-6-8(15(18,19)20)5-11(17)14(23)24/h1-6H,7H2. The summed E-state index contributed by atoms with van der Waals surface area (Å²) < 4.78 is 45.5. The number of pyridine rings is 1. The average Bonchev–Trinajstić information content (AvgIpc) is 2.99. The Morgan fingerprint density at radius 3 is 2.64 bits per heavy atom. The maximum Gasteiger partial charge on any atom is 0.417 e. The Morgan fingerprint density at radius 1 is 1.24 bits per heavy atom. The Hall–Kier alpha value is -2.13. The molecule has 25 heavy (non-hydrogen) atoms. The van der Waals surface area contributed by atoms with Crippen LogP contribution < -0.4 is 5.56 Å². The molecule has 0 bridgehead atoms. The van der Waals surface area contributed by atoms with Crippen LogP contribution in [0.5, 0.6) is 0 Å². The molecule has 2 heterocycles. The number of nitrogens with zero attached hydrogens (tertiary/aromatic N) is 3. The fourth-order valence-corrected chi connectivity index (χ4v) is 2.76. The summed E-state index contributed by atoms with van der Waals surface area (Å²) in [5.74, 6) is 0.150. The molecule has 2 aromatic heterocycles. The second-order valence-electron chi connectivity index (χ2n) is 4.99. The van der Waals surface area contributed by atoms with Crippen molar-refractivity contribution in [1.29, 1.82) is 0 Å². The molecule has 0 aliphatic rings. The van der Waals surface area contributed by atoms with Crippen molar-refractivity contribution in [3.63, 3.8) is 0 Å². The molecule has 0 amide bonds. The second-order valence-corrected chi connectivity index (χ2v) is 6.25. The van der Waals surface area contributed by atoms with Gasteiger partial charge in [-0.2, -0.15) is 13.2 Å². The van der Waals surface area contributed by atoms with Crippen molar-refractivity contribution in [2.24, 2.45) is 0 Å². The first-order valence-electron chi connectivity index (χ1n) is 6.80. The van der Waals surface area contributed by atoms with Gasteiger partial charge in [0.15, 0.2) is 0 Å². The minimum absolute atomic E-state index is 0.0248. The van der Waals surface area contributed by atoms with Gasteiger partial charge < -0.3 is 8.98 Å². The molecule has 0 radical (unpaired) electrons. The lowest BCUT2D eigenvalue weighted by Gasteiger charge is -2.10. The van der Waals surface area contributed by atoms with Crippen LogP contribution in [0.3, 0.4) is 0 Å². The topological polar surface area (TPSA) is 60.9 Å². The molecule has 0 atom stereocenters. The van der Waals surface area contributed by atoms with Crippen molar-refractivity contribution < 1.29 is 17.6 Å². The molecule has 0 spiro atoms. The van der Waals surface area contributed by atoms with E-state index in [4.69, 9.17) is 16.0 Å². The molecule has 0 saturated carbocycles. The van der Waals surface area contributed by atoms with Crippen molar-refractivity contribution in [2.45, 2.75) is 12.7 Å². The van der Waals surface area contributed by atoms with E-state index in [1.54, 1.807) is 24.3 Å². The minimum atomic E-state index is -4.63. The molecule has 130 valence electrons. The molecule has 0 aliphatic heterocycles. The fraction of sp³-hybridized carbons (Fsp3) is 0.133. The van der Waals surface area contributed by atoms with E-state index in [-0.39, 0.29) is 18.3 Å². The van der Waals surface area contributed by atoms with E-state index in [0.717, 1.165) is 4.57 Å². The first kappa shape index (κ1) is 17.7. The van der Waals surface area contributed by atoms with Gasteiger partial charge in [0.25, 0.3) is 5.56 Å². The number of aromatic nitrogens is 3. The van der Waals surface area contributed by atoms with E-state index in [0.29, 0.717) is 22.3 Å². The summed E-state index contributed by atoms with van der Waals surface area (Å²) in [6, 6.07) is 7.65. The Labute approximate surface area is 152 Å². The van der Waals surface area contributed by atoms with Crippen LogP contribution in [-0.4, -0.2) is 14.8 Å². The smallest absolute Gasteiger partial charge is 0.417 e. The van der Waals surface area contributed by atoms with E-state index >= 15 is 0 Å². The predicted molar refractivity (Wildman–Crippen MR) is 87.3 cm³/mol. The fourth-order valence-electron chi connectivity index (χ4n) is 2.08. The normalized spacial score (nSPS) is 11.7. The number of alkyl halides is 3. The van der Waals surface area contributed by atoms with E-state index in [9.17, 15) is 18.0 Å². The maximum atomic E-state index is 12.9. The summed E-state index contributed by atoms with van der Waals surface area (Å²) in [5, 5.41) is 7.08. The summed E-state index contributed by atoms with van der Waals surface area (Å²) >= 11 is 8.94. The Morgan fingerprint density at radius 2 is 1.96 bits per heavy atom. The van der Waals surface area contributed by atoms with Crippen molar-refractivity contribution in [2.75, 3.05) is 0 Å². The molecule has 3 aromatic rings. The highest BCUT2D eigenvalue weighted by Crippen LogP contribution is 2.30. The molecular weight excluding hydrogens is 427 g/mol. The lowest BCUT2D eigenvalue weighted by Crippen LogP contribution is -2.23. The number of benzene rings is 1. The van der Waals surface area contributed by atoms with Crippen molar-refractivity contribution in [3.8, 4) is 11.5 Å². The third kappa shape index (κ3) is 3.77. The van der Waals surface area contributed by atoms with Gasteiger partial charge in [0.2, 0.25) is 11.8 Å². The lowest BCUT2D eigenvalue weighted by atomic mass is 10.2. The molecule has 0 saturated heterocycles. The number of hydrogen-bond acceptors (Lipinski definition) is 4. The molecule has 0 N–H and O–H groups in total. The predicted octanol–water partition coefficient (Wildman–Crippen LogP) is 4.38. The zero-order chi connectivity index (χ0) is 18.2. The monoisotopic (exact) mass is 433 g/mol. The van der Waals surface area contributed by atoms with Crippen LogP contribution in [-0.2, 0) is 12.7 Å². The van der Waals surface area contributed by atoms with Crippen LogP contribution >= 0.6 is 27.5 Å². The first-order chi connectivity index (χ1) is 11.8. The van der Waals surface area contributed by atoms with Crippen LogP contribution in [0.15, 0.2) is 50.2 Å². The van der Waals surface area contributed by atoms with Gasteiger partial charge in [-0.3, -0.25) is 4.79 Å². The number of hydrogen-bond donors (Lipinski definition) is 0.